The standard InChI is InChI=1S/C17H29N3O4S/c1-12(2)14-10-15(20(5)19-14)18-16(21)17(3,4)25(22,23)11-13-6-8-24-9-7-13/h10,12-13H,6-9,11H2,1-5H3,(H,18,21). The number of rotatable bonds is 6. The fourth-order valence-electron chi connectivity index (χ4n) is 2.73. The molecule has 1 N–H and O–H groups in total. The molecule has 2 heterocycles. The lowest BCUT2D eigenvalue weighted by Gasteiger charge is -2.28. The summed E-state index contributed by atoms with van der Waals surface area (Å²) in [6.07, 6.45) is 1.44. The molecule has 1 aromatic rings. The Labute approximate surface area is 150 Å². The lowest BCUT2D eigenvalue weighted by molar-refractivity contribution is -0.117. The summed E-state index contributed by atoms with van der Waals surface area (Å²) in [7, 11) is -1.87. The molecule has 0 atom stereocenters. The normalized spacial score (nSPS) is 17.0. The molecule has 0 radical (unpaired) electrons. The lowest BCUT2D eigenvalue weighted by Crippen LogP contribution is -2.47. The van der Waals surface area contributed by atoms with E-state index in [1.807, 2.05) is 13.8 Å². The van der Waals surface area contributed by atoms with Gasteiger partial charge in [0.15, 0.2) is 9.84 Å². The first kappa shape index (κ1) is 19.9. The molecule has 2 rings (SSSR count). The Morgan fingerprint density at radius 3 is 2.52 bits per heavy atom. The Morgan fingerprint density at radius 2 is 2.00 bits per heavy atom. The van der Waals surface area contributed by atoms with Crippen molar-refractivity contribution in [2.75, 3.05) is 24.3 Å². The second-order valence-corrected chi connectivity index (χ2v) is 10.1. The zero-order valence-electron chi connectivity index (χ0n) is 15.7. The van der Waals surface area contributed by atoms with Gasteiger partial charge in [-0.2, -0.15) is 5.10 Å². The molecule has 0 spiro atoms. The molecule has 1 amide bonds. The van der Waals surface area contributed by atoms with E-state index < -0.39 is 20.5 Å². The van der Waals surface area contributed by atoms with Crippen LogP contribution in [0.3, 0.4) is 0 Å². The summed E-state index contributed by atoms with van der Waals surface area (Å²) >= 11 is 0. The highest BCUT2D eigenvalue weighted by molar-refractivity contribution is 7.93. The number of carbonyl (C=O) groups excluding carboxylic acids is 1. The molecule has 142 valence electrons. The van der Waals surface area contributed by atoms with E-state index in [0.717, 1.165) is 18.5 Å². The molecule has 1 fully saturated rings. The van der Waals surface area contributed by atoms with E-state index in [0.29, 0.717) is 19.0 Å². The van der Waals surface area contributed by atoms with Gasteiger partial charge in [-0.05, 0) is 38.5 Å². The SMILES string of the molecule is CC(C)c1cc(NC(=O)C(C)(C)S(=O)(=O)CC2CCOCC2)n(C)n1. The molecule has 25 heavy (non-hydrogen) atoms. The van der Waals surface area contributed by atoms with Crippen LogP contribution < -0.4 is 5.32 Å². The van der Waals surface area contributed by atoms with Crippen molar-refractivity contribution >= 4 is 21.6 Å². The van der Waals surface area contributed by atoms with Crippen LogP contribution in [-0.2, 0) is 26.4 Å². The summed E-state index contributed by atoms with van der Waals surface area (Å²) in [5.74, 6) is 0.262. The molecule has 1 saturated heterocycles. The van der Waals surface area contributed by atoms with Gasteiger partial charge in [0.1, 0.15) is 10.6 Å². The van der Waals surface area contributed by atoms with Crippen LogP contribution in [0.5, 0.6) is 0 Å². The highest BCUT2D eigenvalue weighted by Gasteiger charge is 2.43. The Morgan fingerprint density at radius 1 is 1.40 bits per heavy atom. The van der Waals surface area contributed by atoms with Crippen molar-refractivity contribution in [1.82, 2.24) is 9.78 Å². The van der Waals surface area contributed by atoms with Gasteiger partial charge in [0, 0.05) is 26.3 Å². The minimum atomic E-state index is -3.60. The molecule has 0 unspecified atom stereocenters. The van der Waals surface area contributed by atoms with Gasteiger partial charge < -0.3 is 10.1 Å². The van der Waals surface area contributed by atoms with Crippen LogP contribution in [0.2, 0.25) is 0 Å². The van der Waals surface area contributed by atoms with Crippen molar-refractivity contribution in [2.24, 2.45) is 13.0 Å². The number of hydrogen-bond donors (Lipinski definition) is 1. The summed E-state index contributed by atoms with van der Waals surface area (Å²) < 4.78 is 31.0. The molecule has 8 heteroatoms. The van der Waals surface area contributed by atoms with Gasteiger partial charge in [-0.15, -0.1) is 0 Å². The van der Waals surface area contributed by atoms with Gasteiger partial charge in [0.05, 0.1) is 11.4 Å². The second-order valence-electron chi connectivity index (χ2n) is 7.53. The minimum Gasteiger partial charge on any atom is -0.381 e. The van der Waals surface area contributed by atoms with Crippen LogP contribution in [0.1, 0.15) is 52.1 Å². The zero-order valence-corrected chi connectivity index (χ0v) is 16.5. The molecule has 0 aromatic carbocycles. The average Bonchev–Trinajstić information content (AvgIpc) is 2.89. The van der Waals surface area contributed by atoms with E-state index in [-0.39, 0.29) is 17.6 Å². The van der Waals surface area contributed by atoms with Crippen LogP contribution in [0, 0.1) is 5.92 Å². The third-order valence-corrected chi connectivity index (χ3v) is 7.50. The topological polar surface area (TPSA) is 90.3 Å². The van der Waals surface area contributed by atoms with Crippen LogP contribution in [-0.4, -0.2) is 47.8 Å². The number of hydrogen-bond acceptors (Lipinski definition) is 5. The van der Waals surface area contributed by atoms with Crippen molar-refractivity contribution in [2.45, 2.75) is 51.2 Å². The molecule has 0 bridgehead atoms. The maximum atomic E-state index is 12.8. The van der Waals surface area contributed by atoms with E-state index in [9.17, 15) is 13.2 Å². The highest BCUT2D eigenvalue weighted by Crippen LogP contribution is 2.26. The first-order valence-electron chi connectivity index (χ1n) is 8.70. The minimum absolute atomic E-state index is 0.0133. The van der Waals surface area contributed by atoms with E-state index in [1.54, 1.807) is 17.8 Å². The predicted molar refractivity (Wildman–Crippen MR) is 97.3 cm³/mol. The summed E-state index contributed by atoms with van der Waals surface area (Å²) in [5, 5.41) is 7.07. The van der Waals surface area contributed by atoms with Gasteiger partial charge >= 0.3 is 0 Å². The number of aryl methyl sites for hydroxylation is 1. The first-order valence-corrected chi connectivity index (χ1v) is 10.3. The van der Waals surface area contributed by atoms with Crippen molar-refractivity contribution in [1.29, 1.82) is 0 Å². The summed E-state index contributed by atoms with van der Waals surface area (Å²) in [5.41, 5.74) is 0.848. The van der Waals surface area contributed by atoms with E-state index in [2.05, 4.69) is 10.4 Å². The maximum absolute atomic E-state index is 12.8. The number of aromatic nitrogens is 2. The lowest BCUT2D eigenvalue weighted by atomic mass is 10.0. The molecule has 0 saturated carbocycles. The molecule has 1 aliphatic heterocycles. The van der Waals surface area contributed by atoms with Crippen molar-refractivity contribution in [3.8, 4) is 0 Å². The zero-order chi connectivity index (χ0) is 18.8. The molecule has 0 aliphatic carbocycles. The Balaban J connectivity index is 2.12. The van der Waals surface area contributed by atoms with Gasteiger partial charge in [-0.1, -0.05) is 13.8 Å². The van der Waals surface area contributed by atoms with Crippen LogP contribution >= 0.6 is 0 Å². The summed E-state index contributed by atoms with van der Waals surface area (Å²) in [6, 6.07) is 1.78. The molecular weight excluding hydrogens is 342 g/mol. The largest absolute Gasteiger partial charge is 0.381 e. The monoisotopic (exact) mass is 371 g/mol. The predicted octanol–water partition coefficient (Wildman–Crippen LogP) is 2.10. The van der Waals surface area contributed by atoms with Crippen LogP contribution in [0.15, 0.2) is 6.07 Å². The number of carbonyl (C=O) groups is 1. The third kappa shape index (κ3) is 4.41. The number of sulfone groups is 1. The van der Waals surface area contributed by atoms with Gasteiger partial charge in [-0.3, -0.25) is 9.48 Å². The van der Waals surface area contributed by atoms with Crippen LogP contribution in [0.4, 0.5) is 5.82 Å². The second kappa shape index (κ2) is 7.45. The maximum Gasteiger partial charge on any atom is 0.246 e. The number of nitrogens with zero attached hydrogens (tertiary/aromatic N) is 2. The average molecular weight is 372 g/mol. The molecule has 1 aromatic heterocycles. The van der Waals surface area contributed by atoms with E-state index in [1.165, 1.54) is 13.8 Å². The Hall–Kier alpha value is -1.41. The van der Waals surface area contributed by atoms with Gasteiger partial charge in [-0.25, -0.2) is 8.42 Å². The molecular formula is C17H29N3O4S. The molecule has 7 nitrogen and oxygen atoms in total. The number of nitrogens with one attached hydrogen (secondary N) is 1. The Bertz CT molecular complexity index is 716. The molecule has 1 aliphatic rings. The van der Waals surface area contributed by atoms with Crippen molar-refractivity contribution < 1.29 is 17.9 Å². The summed E-state index contributed by atoms with van der Waals surface area (Å²) in [6.45, 7) is 8.12. The van der Waals surface area contributed by atoms with Gasteiger partial charge in [0.2, 0.25) is 5.91 Å². The van der Waals surface area contributed by atoms with Crippen molar-refractivity contribution in [3.05, 3.63) is 11.8 Å². The van der Waals surface area contributed by atoms with E-state index >= 15 is 0 Å². The van der Waals surface area contributed by atoms with Crippen molar-refractivity contribution in [3.63, 3.8) is 0 Å². The quantitative estimate of drug-likeness (QED) is 0.827. The number of anilines is 1. The van der Waals surface area contributed by atoms with E-state index in [4.69, 9.17) is 4.74 Å². The third-order valence-electron chi connectivity index (χ3n) is 4.85. The first-order chi connectivity index (χ1) is 11.5. The Kier molecular flexibility index (Phi) is 5.93. The number of amides is 1. The smallest absolute Gasteiger partial charge is 0.246 e. The van der Waals surface area contributed by atoms with Crippen LogP contribution in [0.25, 0.3) is 0 Å². The fraction of sp³-hybridized carbons (Fsp3) is 0.765. The fourth-order valence-corrected chi connectivity index (χ4v) is 4.43. The summed E-state index contributed by atoms with van der Waals surface area (Å²) in [4.78, 5) is 12.7. The number of ether oxygens (including phenoxy) is 1. The van der Waals surface area contributed by atoms with Gasteiger partial charge in [0.25, 0.3) is 0 Å². The highest BCUT2D eigenvalue weighted by atomic mass is 32.2.